The summed E-state index contributed by atoms with van der Waals surface area (Å²) in [6, 6.07) is 11.6. The van der Waals surface area contributed by atoms with E-state index in [-0.39, 0.29) is 28.0 Å². The molecule has 1 aliphatic carbocycles. The molecule has 1 fully saturated rings. The fourth-order valence-electron chi connectivity index (χ4n) is 4.82. The number of anilines is 2. The average molecular weight is 521 g/mol. The van der Waals surface area contributed by atoms with E-state index < -0.39 is 29.6 Å². The van der Waals surface area contributed by atoms with Gasteiger partial charge in [-0.05, 0) is 48.6 Å². The van der Waals surface area contributed by atoms with Gasteiger partial charge in [-0.3, -0.25) is 19.3 Å². The minimum Gasteiger partial charge on any atom is -0.395 e. The Hall–Kier alpha value is -4.25. The summed E-state index contributed by atoms with van der Waals surface area (Å²) in [4.78, 5) is 44.1. The lowest BCUT2D eigenvalue weighted by atomic mass is 10.0. The quantitative estimate of drug-likeness (QED) is 0.292. The fourth-order valence-corrected chi connectivity index (χ4v) is 5.56. The van der Waals surface area contributed by atoms with Crippen molar-refractivity contribution in [2.24, 2.45) is 5.73 Å². The van der Waals surface area contributed by atoms with Gasteiger partial charge in [0.15, 0.2) is 5.69 Å². The van der Waals surface area contributed by atoms with Gasteiger partial charge in [0.25, 0.3) is 11.8 Å². The van der Waals surface area contributed by atoms with Crippen LogP contribution in [0.1, 0.15) is 57.4 Å². The standard InChI is InChI=1S/C26H25FN6O3S/c27-14-6-5-9-16(12-14)33(26(36)23-20(28)21(24(29)34)32-37-23)22(25(35)31-15-7-1-2-8-15)18-13-30-19-11-4-3-10-17(18)19/h3-6,9-13,15,22,30H,1-2,7-8,28H2,(H2,29,34)(H,31,35). The van der Waals surface area contributed by atoms with E-state index in [1.807, 2.05) is 24.3 Å². The van der Waals surface area contributed by atoms with Crippen molar-refractivity contribution in [2.45, 2.75) is 37.8 Å². The van der Waals surface area contributed by atoms with E-state index in [0.717, 1.165) is 36.6 Å². The first-order valence-corrected chi connectivity index (χ1v) is 12.6. The van der Waals surface area contributed by atoms with Crippen LogP contribution in [0.3, 0.4) is 0 Å². The molecule has 9 nitrogen and oxygen atoms in total. The van der Waals surface area contributed by atoms with Gasteiger partial charge >= 0.3 is 0 Å². The number of carbonyl (C=O) groups excluding carboxylic acids is 3. The maximum atomic E-state index is 14.4. The van der Waals surface area contributed by atoms with Gasteiger partial charge in [0.2, 0.25) is 5.91 Å². The summed E-state index contributed by atoms with van der Waals surface area (Å²) in [5.74, 6) is -2.58. The van der Waals surface area contributed by atoms with Gasteiger partial charge in [-0.1, -0.05) is 37.1 Å². The summed E-state index contributed by atoms with van der Waals surface area (Å²) in [5.41, 5.74) is 12.5. The van der Waals surface area contributed by atoms with Crippen LogP contribution in [-0.2, 0) is 4.79 Å². The highest BCUT2D eigenvalue weighted by atomic mass is 32.1. The number of carbonyl (C=O) groups is 3. The Morgan fingerprint density at radius 2 is 1.89 bits per heavy atom. The Balaban J connectivity index is 1.69. The number of H-pyrrole nitrogens is 1. The third-order valence-corrected chi connectivity index (χ3v) is 7.44. The number of nitrogen functional groups attached to an aromatic ring is 1. The van der Waals surface area contributed by atoms with Crippen LogP contribution >= 0.6 is 11.5 Å². The fraction of sp³-hybridized carbons (Fsp3) is 0.231. The number of hydrogen-bond acceptors (Lipinski definition) is 6. The van der Waals surface area contributed by atoms with Crippen LogP contribution in [0, 0.1) is 5.82 Å². The number of amides is 3. The number of aromatic amines is 1. The SMILES string of the molecule is NC(=O)c1nsc(C(=O)N(c2cccc(F)c2)C(C(=O)NC2CCCC2)c2c[nH]c3ccccc23)c1N. The number of hydrogen-bond donors (Lipinski definition) is 4. The maximum Gasteiger partial charge on any atom is 0.273 e. The lowest BCUT2D eigenvalue weighted by Gasteiger charge is -2.32. The number of para-hydroxylation sites is 1. The van der Waals surface area contributed by atoms with E-state index in [0.29, 0.717) is 17.1 Å². The van der Waals surface area contributed by atoms with Crippen LogP contribution in [-0.4, -0.2) is 33.1 Å². The number of fused-ring (bicyclic) bond motifs is 1. The molecule has 0 radical (unpaired) electrons. The van der Waals surface area contributed by atoms with Gasteiger partial charge in [0, 0.05) is 34.4 Å². The van der Waals surface area contributed by atoms with Crippen LogP contribution in [0.15, 0.2) is 54.7 Å². The Bertz CT molecular complexity index is 1490. The number of nitrogens with one attached hydrogen (secondary N) is 2. The topological polar surface area (TPSA) is 147 Å². The second-order valence-corrected chi connectivity index (χ2v) is 9.75. The summed E-state index contributed by atoms with van der Waals surface area (Å²) in [6.07, 6.45) is 5.35. The van der Waals surface area contributed by atoms with Crippen molar-refractivity contribution in [2.75, 3.05) is 10.6 Å². The largest absolute Gasteiger partial charge is 0.395 e. The number of benzene rings is 2. The highest BCUT2D eigenvalue weighted by molar-refractivity contribution is 7.09. The average Bonchev–Trinajstić information content (AvgIpc) is 3.62. The summed E-state index contributed by atoms with van der Waals surface area (Å²) >= 11 is 0.702. The third kappa shape index (κ3) is 4.65. The molecular weight excluding hydrogens is 495 g/mol. The molecule has 6 N–H and O–H groups in total. The van der Waals surface area contributed by atoms with Gasteiger partial charge in [0.1, 0.15) is 16.7 Å². The Morgan fingerprint density at radius 3 is 2.59 bits per heavy atom. The number of nitrogens with two attached hydrogens (primary N) is 2. The third-order valence-electron chi connectivity index (χ3n) is 6.58. The Morgan fingerprint density at radius 1 is 1.14 bits per heavy atom. The van der Waals surface area contributed by atoms with Crippen molar-refractivity contribution in [3.05, 3.63) is 76.7 Å². The minimum atomic E-state index is -1.18. The minimum absolute atomic E-state index is 0.0281. The number of nitrogens with zero attached hydrogens (tertiary/aromatic N) is 2. The molecule has 0 spiro atoms. The van der Waals surface area contributed by atoms with E-state index in [1.165, 1.54) is 29.2 Å². The second kappa shape index (κ2) is 10.0. The smallest absolute Gasteiger partial charge is 0.273 e. The summed E-state index contributed by atoms with van der Waals surface area (Å²) in [6.45, 7) is 0. The van der Waals surface area contributed by atoms with Gasteiger partial charge < -0.3 is 21.8 Å². The zero-order chi connectivity index (χ0) is 26.1. The van der Waals surface area contributed by atoms with Crippen LogP contribution in [0.2, 0.25) is 0 Å². The van der Waals surface area contributed by atoms with Crippen LogP contribution < -0.4 is 21.7 Å². The molecule has 4 aromatic rings. The molecule has 2 aromatic heterocycles. The number of halogens is 1. The van der Waals surface area contributed by atoms with Crippen molar-refractivity contribution < 1.29 is 18.8 Å². The van der Waals surface area contributed by atoms with E-state index in [1.54, 1.807) is 6.20 Å². The monoisotopic (exact) mass is 520 g/mol. The molecule has 1 saturated carbocycles. The number of aromatic nitrogens is 2. The molecule has 0 aliphatic heterocycles. The van der Waals surface area contributed by atoms with Gasteiger partial charge in [-0.25, -0.2) is 4.39 Å². The lowest BCUT2D eigenvalue weighted by molar-refractivity contribution is -0.123. The highest BCUT2D eigenvalue weighted by Gasteiger charge is 2.38. The first-order valence-electron chi connectivity index (χ1n) is 11.9. The predicted molar refractivity (Wildman–Crippen MR) is 140 cm³/mol. The Kier molecular flexibility index (Phi) is 6.62. The molecule has 1 unspecified atom stereocenters. The molecule has 190 valence electrons. The number of rotatable bonds is 7. The first-order chi connectivity index (χ1) is 17.8. The molecule has 2 heterocycles. The predicted octanol–water partition coefficient (Wildman–Crippen LogP) is 3.89. The zero-order valence-electron chi connectivity index (χ0n) is 19.7. The molecule has 3 amide bonds. The summed E-state index contributed by atoms with van der Waals surface area (Å²) < 4.78 is 18.4. The molecule has 37 heavy (non-hydrogen) atoms. The molecule has 0 saturated heterocycles. The Labute approximate surface area is 215 Å². The van der Waals surface area contributed by atoms with Gasteiger partial charge in [0.05, 0.1) is 5.69 Å². The van der Waals surface area contributed by atoms with Gasteiger partial charge in [-0.15, -0.1) is 0 Å². The molecule has 1 aliphatic rings. The molecule has 11 heteroatoms. The maximum absolute atomic E-state index is 14.4. The zero-order valence-corrected chi connectivity index (χ0v) is 20.6. The molecule has 0 bridgehead atoms. The van der Waals surface area contributed by atoms with E-state index >= 15 is 0 Å². The summed E-state index contributed by atoms with van der Waals surface area (Å²) in [7, 11) is 0. The van der Waals surface area contributed by atoms with Gasteiger partial charge in [-0.2, -0.15) is 4.37 Å². The molecular formula is C26H25FN6O3S. The van der Waals surface area contributed by atoms with Crippen molar-refractivity contribution in [1.82, 2.24) is 14.7 Å². The lowest BCUT2D eigenvalue weighted by Crippen LogP contribution is -2.46. The van der Waals surface area contributed by atoms with Crippen molar-refractivity contribution in [1.29, 1.82) is 0 Å². The van der Waals surface area contributed by atoms with Crippen molar-refractivity contribution >= 4 is 51.5 Å². The van der Waals surface area contributed by atoms with Crippen LogP contribution in [0.5, 0.6) is 0 Å². The molecule has 1 atom stereocenters. The number of primary amides is 1. The summed E-state index contributed by atoms with van der Waals surface area (Å²) in [5, 5.41) is 3.82. The van der Waals surface area contributed by atoms with Crippen molar-refractivity contribution in [3.8, 4) is 0 Å². The van der Waals surface area contributed by atoms with E-state index in [2.05, 4.69) is 14.7 Å². The normalized spacial score (nSPS) is 14.5. The van der Waals surface area contributed by atoms with E-state index in [4.69, 9.17) is 11.5 Å². The van der Waals surface area contributed by atoms with Crippen LogP contribution in [0.25, 0.3) is 10.9 Å². The molecule has 5 rings (SSSR count). The van der Waals surface area contributed by atoms with Crippen LogP contribution in [0.4, 0.5) is 15.8 Å². The highest BCUT2D eigenvalue weighted by Crippen LogP contribution is 2.36. The second-order valence-electron chi connectivity index (χ2n) is 8.98. The molecule has 2 aromatic carbocycles. The first kappa shape index (κ1) is 24.4. The van der Waals surface area contributed by atoms with E-state index in [9.17, 15) is 18.8 Å². The van der Waals surface area contributed by atoms with Crippen molar-refractivity contribution in [3.63, 3.8) is 0 Å².